The molecule has 0 aromatic carbocycles. The normalized spacial score (nSPS) is 29.3. The van der Waals surface area contributed by atoms with Crippen molar-refractivity contribution in [1.82, 2.24) is 15.5 Å². The predicted molar refractivity (Wildman–Crippen MR) is 68.1 cm³/mol. The lowest BCUT2D eigenvalue weighted by atomic mass is 10.0. The second kappa shape index (κ2) is 5.71. The molecule has 0 saturated carbocycles. The first-order valence-electron chi connectivity index (χ1n) is 6.01. The van der Waals surface area contributed by atoms with Crippen molar-refractivity contribution in [2.75, 3.05) is 25.1 Å². The quantitative estimate of drug-likeness (QED) is 0.627. The number of imide groups is 1. The third-order valence-corrected chi connectivity index (χ3v) is 4.27. The number of likely N-dealkylation sites (N-methyl/N-ethyl adjacent to an activating group) is 1. The molecule has 0 bridgehead atoms. The largest absolute Gasteiger partial charge is 0.343 e. The van der Waals surface area contributed by atoms with Gasteiger partial charge in [0.25, 0.3) is 5.91 Å². The zero-order valence-electron chi connectivity index (χ0n) is 10.3. The minimum absolute atomic E-state index is 0.150. The molecule has 0 radical (unpaired) electrons. The number of carbonyl (C=O) groups excluding carboxylic acids is 3. The van der Waals surface area contributed by atoms with Crippen LogP contribution in [-0.2, 0) is 14.4 Å². The fraction of sp³-hybridized carbons (Fsp3) is 0.727. The van der Waals surface area contributed by atoms with Gasteiger partial charge in [0.2, 0.25) is 11.8 Å². The number of nitrogens with zero attached hydrogens (tertiary/aromatic N) is 1. The molecule has 0 spiro atoms. The van der Waals surface area contributed by atoms with Gasteiger partial charge in [0.05, 0.1) is 6.04 Å². The van der Waals surface area contributed by atoms with Crippen molar-refractivity contribution in [3.63, 3.8) is 0 Å². The summed E-state index contributed by atoms with van der Waals surface area (Å²) in [5.41, 5.74) is 0. The Labute approximate surface area is 110 Å². The Morgan fingerprint density at radius 2 is 2.28 bits per heavy atom. The van der Waals surface area contributed by atoms with E-state index in [0.29, 0.717) is 12.8 Å². The van der Waals surface area contributed by atoms with Gasteiger partial charge in [-0.2, -0.15) is 11.8 Å². The van der Waals surface area contributed by atoms with Gasteiger partial charge in [-0.15, -0.1) is 0 Å². The molecule has 0 aliphatic carbocycles. The number of amides is 3. The zero-order chi connectivity index (χ0) is 13.1. The van der Waals surface area contributed by atoms with Crippen molar-refractivity contribution < 1.29 is 14.4 Å². The van der Waals surface area contributed by atoms with Crippen LogP contribution in [0.1, 0.15) is 12.8 Å². The van der Waals surface area contributed by atoms with E-state index in [4.69, 9.17) is 0 Å². The molecule has 2 unspecified atom stereocenters. The van der Waals surface area contributed by atoms with Crippen molar-refractivity contribution in [1.29, 1.82) is 0 Å². The van der Waals surface area contributed by atoms with Crippen molar-refractivity contribution >= 4 is 29.5 Å². The molecule has 0 aromatic rings. The number of thioether (sulfide) groups is 1. The summed E-state index contributed by atoms with van der Waals surface area (Å²) in [5.74, 6) is 1.08. The summed E-state index contributed by atoms with van der Waals surface area (Å²) in [4.78, 5) is 36.2. The Morgan fingerprint density at radius 1 is 1.50 bits per heavy atom. The van der Waals surface area contributed by atoms with Crippen LogP contribution >= 0.6 is 11.8 Å². The highest BCUT2D eigenvalue weighted by molar-refractivity contribution is 7.99. The Morgan fingerprint density at radius 3 is 2.94 bits per heavy atom. The van der Waals surface area contributed by atoms with E-state index in [2.05, 4.69) is 10.6 Å². The smallest absolute Gasteiger partial charge is 0.251 e. The minimum atomic E-state index is -0.561. The van der Waals surface area contributed by atoms with Gasteiger partial charge >= 0.3 is 0 Å². The lowest BCUT2D eigenvalue weighted by Gasteiger charge is -2.30. The van der Waals surface area contributed by atoms with E-state index >= 15 is 0 Å². The molecule has 2 heterocycles. The van der Waals surface area contributed by atoms with Crippen molar-refractivity contribution in [2.45, 2.75) is 24.9 Å². The van der Waals surface area contributed by atoms with Gasteiger partial charge in [-0.05, 0) is 6.42 Å². The number of hydrogen-bond donors (Lipinski definition) is 2. The Hall–Kier alpha value is -1.08. The lowest BCUT2D eigenvalue weighted by molar-refractivity contribution is -0.149. The highest BCUT2D eigenvalue weighted by Gasteiger charge is 2.34. The van der Waals surface area contributed by atoms with Gasteiger partial charge in [-0.25, -0.2) is 0 Å². The molecule has 2 saturated heterocycles. The van der Waals surface area contributed by atoms with E-state index in [9.17, 15) is 14.4 Å². The van der Waals surface area contributed by atoms with Gasteiger partial charge in [0, 0.05) is 31.5 Å². The third-order valence-electron chi connectivity index (χ3n) is 3.20. The molecule has 2 atom stereocenters. The summed E-state index contributed by atoms with van der Waals surface area (Å²) < 4.78 is 0. The maximum absolute atomic E-state index is 12.0. The summed E-state index contributed by atoms with van der Waals surface area (Å²) in [7, 11) is 1.46. The Kier molecular flexibility index (Phi) is 4.23. The average Bonchev–Trinajstić information content (AvgIpc) is 2.40. The molecule has 0 aromatic heterocycles. The van der Waals surface area contributed by atoms with Crippen LogP contribution in [-0.4, -0.2) is 59.8 Å². The molecule has 3 amide bonds. The second-order valence-electron chi connectivity index (χ2n) is 4.47. The first-order valence-corrected chi connectivity index (χ1v) is 7.17. The SMILES string of the molecule is CN1C(=O)CCC(NC(=O)C2CSCCN2)C1=O. The molecule has 6 nitrogen and oxygen atoms in total. The van der Waals surface area contributed by atoms with Gasteiger partial charge < -0.3 is 10.6 Å². The van der Waals surface area contributed by atoms with Crippen LogP contribution in [0.25, 0.3) is 0 Å². The van der Waals surface area contributed by atoms with Crippen LogP contribution < -0.4 is 10.6 Å². The van der Waals surface area contributed by atoms with Crippen LogP contribution in [0.5, 0.6) is 0 Å². The maximum Gasteiger partial charge on any atom is 0.251 e. The van der Waals surface area contributed by atoms with E-state index in [1.807, 2.05) is 0 Å². The third kappa shape index (κ3) is 2.84. The van der Waals surface area contributed by atoms with Crippen molar-refractivity contribution in [3.8, 4) is 0 Å². The highest BCUT2D eigenvalue weighted by Crippen LogP contribution is 2.13. The molecular formula is C11H17N3O3S. The molecule has 2 rings (SSSR count). The van der Waals surface area contributed by atoms with Gasteiger partial charge in [0.1, 0.15) is 6.04 Å². The fourth-order valence-corrected chi connectivity index (χ4v) is 2.99. The van der Waals surface area contributed by atoms with Gasteiger partial charge in [0.15, 0.2) is 0 Å². The first kappa shape index (κ1) is 13.4. The predicted octanol–water partition coefficient (Wildman–Crippen LogP) is -1.04. The molecular weight excluding hydrogens is 254 g/mol. The molecule has 7 heteroatoms. The summed E-state index contributed by atoms with van der Waals surface area (Å²) >= 11 is 1.72. The number of likely N-dealkylation sites (tertiary alicyclic amines) is 1. The summed E-state index contributed by atoms with van der Waals surface area (Å²) in [6.07, 6.45) is 0.702. The molecule has 2 aliphatic rings. The first-order chi connectivity index (χ1) is 8.59. The summed E-state index contributed by atoms with van der Waals surface area (Å²) in [5, 5.41) is 5.85. The number of rotatable bonds is 2. The lowest BCUT2D eigenvalue weighted by Crippen LogP contribution is -2.57. The van der Waals surface area contributed by atoms with E-state index in [1.54, 1.807) is 11.8 Å². The van der Waals surface area contributed by atoms with Crippen LogP contribution in [0, 0.1) is 0 Å². The van der Waals surface area contributed by atoms with Gasteiger partial charge in [-0.1, -0.05) is 0 Å². The monoisotopic (exact) mass is 271 g/mol. The van der Waals surface area contributed by atoms with Crippen LogP contribution in [0.3, 0.4) is 0 Å². The maximum atomic E-state index is 12.0. The highest BCUT2D eigenvalue weighted by atomic mass is 32.2. The molecule has 18 heavy (non-hydrogen) atoms. The Balaban J connectivity index is 1.90. The van der Waals surface area contributed by atoms with E-state index in [1.165, 1.54) is 7.05 Å². The van der Waals surface area contributed by atoms with Crippen LogP contribution in [0.4, 0.5) is 0 Å². The molecule has 100 valence electrons. The standard InChI is InChI=1S/C11H17N3O3S/c1-14-9(15)3-2-7(11(14)17)13-10(16)8-6-18-5-4-12-8/h7-8,12H,2-6H2,1H3,(H,13,16). The van der Waals surface area contributed by atoms with E-state index in [0.717, 1.165) is 23.0 Å². The summed E-state index contributed by atoms with van der Waals surface area (Å²) in [6.45, 7) is 0.805. The zero-order valence-corrected chi connectivity index (χ0v) is 11.1. The van der Waals surface area contributed by atoms with Gasteiger partial charge in [-0.3, -0.25) is 19.3 Å². The van der Waals surface area contributed by atoms with Crippen molar-refractivity contribution in [2.24, 2.45) is 0 Å². The number of hydrogen-bond acceptors (Lipinski definition) is 5. The minimum Gasteiger partial charge on any atom is -0.343 e. The average molecular weight is 271 g/mol. The topological polar surface area (TPSA) is 78.5 Å². The van der Waals surface area contributed by atoms with Crippen molar-refractivity contribution in [3.05, 3.63) is 0 Å². The second-order valence-corrected chi connectivity index (χ2v) is 5.62. The molecule has 2 N–H and O–H groups in total. The van der Waals surface area contributed by atoms with E-state index < -0.39 is 6.04 Å². The fourth-order valence-electron chi connectivity index (χ4n) is 2.06. The summed E-state index contributed by atoms with van der Waals surface area (Å²) in [6, 6.07) is -0.798. The number of piperidine rings is 1. The molecule has 2 aliphatic heterocycles. The Bertz CT molecular complexity index is 369. The number of carbonyl (C=O) groups is 3. The van der Waals surface area contributed by atoms with E-state index in [-0.39, 0.29) is 23.8 Å². The molecule has 2 fully saturated rings. The number of nitrogens with one attached hydrogen (secondary N) is 2. The van der Waals surface area contributed by atoms with Crippen LogP contribution in [0.2, 0.25) is 0 Å². The van der Waals surface area contributed by atoms with Crippen LogP contribution in [0.15, 0.2) is 0 Å².